The number of carbonyl (C=O) groups excluding carboxylic acids is 2. The third kappa shape index (κ3) is 4.16. The molecule has 2 atom stereocenters. The lowest BCUT2D eigenvalue weighted by atomic mass is 9.95. The Morgan fingerprint density at radius 2 is 1.60 bits per heavy atom. The van der Waals surface area contributed by atoms with Crippen LogP contribution in [-0.2, 0) is 11.8 Å². The molecule has 1 aliphatic rings. The van der Waals surface area contributed by atoms with Crippen LogP contribution in [0.1, 0.15) is 47.8 Å². The van der Waals surface area contributed by atoms with Gasteiger partial charge in [0.05, 0.1) is 11.7 Å². The molecule has 4 aromatic rings. The molecule has 2 unspecified atom stereocenters. The van der Waals surface area contributed by atoms with E-state index >= 15 is 0 Å². The first-order chi connectivity index (χ1) is 17.0. The number of anilines is 1. The van der Waals surface area contributed by atoms with Gasteiger partial charge in [0.25, 0.3) is 11.8 Å². The number of hydrogen-bond donors (Lipinski definition) is 2. The second-order valence-electron chi connectivity index (χ2n) is 9.54. The molecule has 2 amide bonds. The zero-order valence-corrected chi connectivity index (χ0v) is 20.2. The molecular formula is C29H30N4O2. The number of hydrazine groups is 1. The fraction of sp³-hybridized carbons (Fsp3) is 0.241. The van der Waals surface area contributed by atoms with E-state index < -0.39 is 6.04 Å². The number of nitrogens with one attached hydrogen (secondary N) is 2. The topological polar surface area (TPSA) is 66.4 Å². The van der Waals surface area contributed by atoms with Gasteiger partial charge in [-0.25, -0.2) is 0 Å². The second-order valence-corrected chi connectivity index (χ2v) is 9.54. The summed E-state index contributed by atoms with van der Waals surface area (Å²) in [5.41, 5.74) is 10.4. The van der Waals surface area contributed by atoms with Crippen molar-refractivity contribution >= 4 is 28.4 Å². The number of amides is 2. The highest BCUT2D eigenvalue weighted by Gasteiger charge is 2.44. The van der Waals surface area contributed by atoms with Crippen molar-refractivity contribution in [3.8, 4) is 0 Å². The van der Waals surface area contributed by atoms with E-state index in [-0.39, 0.29) is 23.8 Å². The quantitative estimate of drug-likeness (QED) is 0.364. The summed E-state index contributed by atoms with van der Waals surface area (Å²) in [6, 6.07) is 24.4. The van der Waals surface area contributed by atoms with E-state index in [1.807, 2.05) is 73.8 Å². The molecule has 0 bridgehead atoms. The van der Waals surface area contributed by atoms with E-state index in [9.17, 15) is 9.59 Å². The minimum Gasteiger partial charge on any atom is -0.350 e. The van der Waals surface area contributed by atoms with Gasteiger partial charge in [0.1, 0.15) is 6.04 Å². The lowest BCUT2D eigenvalue weighted by Crippen LogP contribution is -2.50. The standard InChI is InChI=1S/C29H30N4O2/c1-19(2)17-26(28(34)31-30-20-11-5-4-6-12-20)33-27(22-14-7-8-15-23(22)29(33)35)24-18-32(3)25-16-10-9-13-21(24)25/h4-16,18-19,26-27,30H,17H2,1-3H3,(H,31,34). The Hall–Kier alpha value is -4.06. The van der Waals surface area contributed by atoms with Crippen molar-refractivity contribution in [1.82, 2.24) is 14.9 Å². The van der Waals surface area contributed by atoms with Crippen LogP contribution in [0, 0.1) is 5.92 Å². The summed E-state index contributed by atoms with van der Waals surface area (Å²) in [6.07, 6.45) is 2.63. The fourth-order valence-electron chi connectivity index (χ4n) is 5.10. The smallest absolute Gasteiger partial charge is 0.261 e. The first-order valence-corrected chi connectivity index (χ1v) is 12.0. The Balaban J connectivity index is 1.58. The van der Waals surface area contributed by atoms with Crippen molar-refractivity contribution in [1.29, 1.82) is 0 Å². The SMILES string of the molecule is CC(C)CC(C(=O)NNc1ccccc1)N1C(=O)c2ccccc2C1c1cn(C)c2ccccc12. The van der Waals surface area contributed by atoms with E-state index in [1.165, 1.54) is 0 Å². The predicted octanol–water partition coefficient (Wildman–Crippen LogP) is 5.28. The first kappa shape index (κ1) is 22.7. The molecule has 1 aliphatic heterocycles. The molecule has 5 rings (SSSR count). The van der Waals surface area contributed by atoms with Gasteiger partial charge in [-0.15, -0.1) is 0 Å². The normalized spacial score (nSPS) is 15.9. The maximum atomic E-state index is 13.8. The van der Waals surface area contributed by atoms with Crippen molar-refractivity contribution in [3.63, 3.8) is 0 Å². The van der Waals surface area contributed by atoms with Gasteiger partial charge in [-0.2, -0.15) is 0 Å². The van der Waals surface area contributed by atoms with Gasteiger partial charge in [0.2, 0.25) is 0 Å². The molecule has 0 spiro atoms. The lowest BCUT2D eigenvalue weighted by Gasteiger charge is -2.34. The minimum absolute atomic E-state index is 0.112. The molecule has 178 valence electrons. The number of carbonyl (C=O) groups is 2. The minimum atomic E-state index is -0.643. The van der Waals surface area contributed by atoms with Crippen LogP contribution in [-0.4, -0.2) is 27.3 Å². The molecule has 6 heteroatoms. The molecule has 0 saturated heterocycles. The largest absolute Gasteiger partial charge is 0.350 e. The van der Waals surface area contributed by atoms with Gasteiger partial charge in [0, 0.05) is 35.3 Å². The van der Waals surface area contributed by atoms with Crippen molar-refractivity contribution in [2.24, 2.45) is 13.0 Å². The van der Waals surface area contributed by atoms with Crippen molar-refractivity contribution < 1.29 is 9.59 Å². The summed E-state index contributed by atoms with van der Waals surface area (Å²) in [5, 5.41) is 1.08. The van der Waals surface area contributed by atoms with E-state index in [0.717, 1.165) is 27.7 Å². The van der Waals surface area contributed by atoms with E-state index in [4.69, 9.17) is 0 Å². The van der Waals surface area contributed by atoms with Crippen molar-refractivity contribution in [2.45, 2.75) is 32.4 Å². The Morgan fingerprint density at radius 1 is 0.914 bits per heavy atom. The zero-order valence-electron chi connectivity index (χ0n) is 20.2. The number of para-hydroxylation sites is 2. The number of nitrogens with zero attached hydrogens (tertiary/aromatic N) is 2. The Morgan fingerprint density at radius 3 is 2.37 bits per heavy atom. The molecule has 35 heavy (non-hydrogen) atoms. The molecule has 0 radical (unpaired) electrons. The first-order valence-electron chi connectivity index (χ1n) is 12.0. The summed E-state index contributed by atoms with van der Waals surface area (Å²) in [5.74, 6) is -0.125. The zero-order chi connectivity index (χ0) is 24.5. The average Bonchev–Trinajstić information content (AvgIpc) is 3.35. The Labute approximate surface area is 205 Å². The lowest BCUT2D eigenvalue weighted by molar-refractivity contribution is -0.126. The average molecular weight is 467 g/mol. The van der Waals surface area contributed by atoms with Crippen LogP contribution in [0.2, 0.25) is 0 Å². The molecule has 2 N–H and O–H groups in total. The highest BCUT2D eigenvalue weighted by atomic mass is 16.2. The summed E-state index contributed by atoms with van der Waals surface area (Å²) in [6.45, 7) is 4.15. The third-order valence-corrected chi connectivity index (χ3v) is 6.66. The van der Waals surface area contributed by atoms with Crippen LogP contribution in [0.25, 0.3) is 10.9 Å². The van der Waals surface area contributed by atoms with Crippen LogP contribution < -0.4 is 10.9 Å². The summed E-state index contributed by atoms with van der Waals surface area (Å²) in [4.78, 5) is 29.2. The molecule has 3 aromatic carbocycles. The van der Waals surface area contributed by atoms with Gasteiger partial charge >= 0.3 is 0 Å². The van der Waals surface area contributed by atoms with Gasteiger partial charge < -0.3 is 9.47 Å². The van der Waals surface area contributed by atoms with Crippen molar-refractivity contribution in [3.05, 3.63) is 102 Å². The highest BCUT2D eigenvalue weighted by Crippen LogP contribution is 2.43. The number of hydrogen-bond acceptors (Lipinski definition) is 3. The molecule has 0 aliphatic carbocycles. The van der Waals surface area contributed by atoms with Crippen LogP contribution >= 0.6 is 0 Å². The van der Waals surface area contributed by atoms with Gasteiger partial charge in [-0.1, -0.05) is 68.4 Å². The maximum absolute atomic E-state index is 13.8. The Bertz CT molecular complexity index is 1380. The van der Waals surface area contributed by atoms with Crippen LogP contribution in [0.3, 0.4) is 0 Å². The summed E-state index contributed by atoms with van der Waals surface area (Å²) in [7, 11) is 2.01. The van der Waals surface area contributed by atoms with Crippen LogP contribution in [0.5, 0.6) is 0 Å². The van der Waals surface area contributed by atoms with Crippen molar-refractivity contribution in [2.75, 3.05) is 5.43 Å². The predicted molar refractivity (Wildman–Crippen MR) is 139 cm³/mol. The van der Waals surface area contributed by atoms with Gasteiger partial charge in [-0.3, -0.25) is 20.4 Å². The van der Waals surface area contributed by atoms with Gasteiger partial charge in [0.15, 0.2) is 0 Å². The number of aromatic nitrogens is 1. The third-order valence-electron chi connectivity index (χ3n) is 6.66. The summed E-state index contributed by atoms with van der Waals surface area (Å²) >= 11 is 0. The molecule has 1 aromatic heterocycles. The highest BCUT2D eigenvalue weighted by molar-refractivity contribution is 6.03. The number of aryl methyl sites for hydroxylation is 1. The number of benzene rings is 3. The molecule has 0 saturated carbocycles. The van der Waals surface area contributed by atoms with E-state index in [1.54, 1.807) is 4.90 Å². The van der Waals surface area contributed by atoms with Gasteiger partial charge in [-0.05, 0) is 42.2 Å². The number of fused-ring (bicyclic) bond motifs is 2. The Kier molecular flexibility index (Phi) is 6.03. The number of rotatable bonds is 7. The second kappa shape index (κ2) is 9.29. The van der Waals surface area contributed by atoms with E-state index in [2.05, 4.69) is 47.6 Å². The maximum Gasteiger partial charge on any atom is 0.261 e. The van der Waals surface area contributed by atoms with Crippen LogP contribution in [0.4, 0.5) is 5.69 Å². The van der Waals surface area contributed by atoms with Crippen LogP contribution in [0.15, 0.2) is 85.1 Å². The molecule has 2 heterocycles. The summed E-state index contributed by atoms with van der Waals surface area (Å²) < 4.78 is 2.09. The molecular weight excluding hydrogens is 436 g/mol. The molecule has 0 fully saturated rings. The monoisotopic (exact) mass is 466 g/mol. The van der Waals surface area contributed by atoms with E-state index in [0.29, 0.717) is 12.0 Å². The fourth-order valence-corrected chi connectivity index (χ4v) is 5.10. The molecule has 6 nitrogen and oxygen atoms in total.